The maximum Gasteiger partial charge on any atom is 0.258 e. The maximum absolute atomic E-state index is 11.8. The van der Waals surface area contributed by atoms with Crippen molar-refractivity contribution in [2.24, 2.45) is 0 Å². The summed E-state index contributed by atoms with van der Waals surface area (Å²) in [5.74, 6) is 0.897. The minimum Gasteiger partial charge on any atom is -0.542 e. The number of benzene rings is 2. The van der Waals surface area contributed by atoms with Gasteiger partial charge in [0.25, 0.3) is 8.32 Å². The number of hydrogen-bond donors (Lipinski definition) is 0. The van der Waals surface area contributed by atoms with Crippen molar-refractivity contribution in [3.8, 4) is 5.75 Å². The molecule has 0 atom stereocenters. The first-order chi connectivity index (χ1) is 16.4. The van der Waals surface area contributed by atoms with Gasteiger partial charge in [-0.1, -0.05) is 78.0 Å². The molecule has 3 nitrogen and oxygen atoms in total. The second-order valence-corrected chi connectivity index (χ2v) is 16.5. The Morgan fingerprint density at radius 2 is 1.37 bits per heavy atom. The Morgan fingerprint density at radius 3 is 1.83 bits per heavy atom. The standard InChI is InChI=1S/C31H47NO2Si/c1-22(2)32(23(3)4)19-18-29(28-14-12-11-13-15-28)30-20-27(21-33)16-17-31(30)34-35(24(5)6,25(7)8)26(9)10/h11-18,20-26H,19H2,1-10H3/b29-18-. The van der Waals surface area contributed by atoms with E-state index in [0.717, 1.165) is 35.3 Å². The van der Waals surface area contributed by atoms with Crippen molar-refractivity contribution in [2.45, 2.75) is 97.9 Å². The smallest absolute Gasteiger partial charge is 0.258 e. The monoisotopic (exact) mass is 493 g/mol. The third-order valence-corrected chi connectivity index (χ3v) is 13.3. The average molecular weight is 494 g/mol. The summed E-state index contributed by atoms with van der Waals surface area (Å²) in [7, 11) is -2.18. The molecule has 0 saturated heterocycles. The first-order valence-electron chi connectivity index (χ1n) is 13.3. The molecular weight excluding hydrogens is 446 g/mol. The fourth-order valence-electron chi connectivity index (χ4n) is 5.68. The molecule has 0 saturated carbocycles. The Labute approximate surface area is 215 Å². The van der Waals surface area contributed by atoms with Gasteiger partial charge < -0.3 is 4.43 Å². The summed E-state index contributed by atoms with van der Waals surface area (Å²) in [6, 6.07) is 17.3. The minimum atomic E-state index is -2.18. The van der Waals surface area contributed by atoms with E-state index in [1.807, 2.05) is 24.3 Å². The summed E-state index contributed by atoms with van der Waals surface area (Å²) in [5, 5.41) is 0. The van der Waals surface area contributed by atoms with Crippen LogP contribution in [0.4, 0.5) is 0 Å². The van der Waals surface area contributed by atoms with Crippen LogP contribution < -0.4 is 4.43 Å². The van der Waals surface area contributed by atoms with E-state index in [-0.39, 0.29) is 0 Å². The molecule has 0 N–H and O–H groups in total. The summed E-state index contributed by atoms with van der Waals surface area (Å²) >= 11 is 0. The van der Waals surface area contributed by atoms with Crippen LogP contribution in [-0.2, 0) is 0 Å². The molecule has 0 aromatic heterocycles. The largest absolute Gasteiger partial charge is 0.542 e. The lowest BCUT2D eigenvalue weighted by molar-refractivity contribution is 0.112. The molecule has 0 unspecified atom stereocenters. The molecule has 2 aromatic carbocycles. The molecule has 0 bridgehead atoms. The van der Waals surface area contributed by atoms with E-state index in [2.05, 4.69) is 104 Å². The third kappa shape index (κ3) is 6.74. The van der Waals surface area contributed by atoms with E-state index in [0.29, 0.717) is 34.3 Å². The van der Waals surface area contributed by atoms with Crippen molar-refractivity contribution in [3.63, 3.8) is 0 Å². The highest BCUT2D eigenvalue weighted by Gasteiger charge is 2.47. The highest BCUT2D eigenvalue weighted by molar-refractivity contribution is 6.78. The van der Waals surface area contributed by atoms with Crippen LogP contribution in [0.3, 0.4) is 0 Å². The lowest BCUT2D eigenvalue weighted by Gasteiger charge is -2.42. The number of rotatable bonds is 12. The van der Waals surface area contributed by atoms with Crippen molar-refractivity contribution in [1.29, 1.82) is 0 Å². The van der Waals surface area contributed by atoms with Gasteiger partial charge in [-0.2, -0.15) is 0 Å². The van der Waals surface area contributed by atoms with Gasteiger partial charge in [-0.3, -0.25) is 9.69 Å². The number of nitrogens with zero attached hydrogens (tertiary/aromatic N) is 1. The van der Waals surface area contributed by atoms with E-state index in [9.17, 15) is 4.79 Å². The minimum absolute atomic E-state index is 0.434. The van der Waals surface area contributed by atoms with Gasteiger partial charge >= 0.3 is 0 Å². The van der Waals surface area contributed by atoms with Crippen LogP contribution in [0.5, 0.6) is 5.75 Å². The summed E-state index contributed by atoms with van der Waals surface area (Å²) in [4.78, 5) is 14.3. The summed E-state index contributed by atoms with van der Waals surface area (Å²) in [6.45, 7) is 23.6. The second kappa shape index (κ2) is 12.7. The first kappa shape index (κ1) is 29.1. The van der Waals surface area contributed by atoms with Crippen LogP contribution >= 0.6 is 0 Å². The zero-order valence-corrected chi connectivity index (χ0v) is 24.6. The van der Waals surface area contributed by atoms with Crippen molar-refractivity contribution in [2.75, 3.05) is 6.54 Å². The van der Waals surface area contributed by atoms with E-state index in [1.165, 1.54) is 0 Å². The molecule has 2 rings (SSSR count). The molecule has 0 aliphatic carbocycles. The van der Waals surface area contributed by atoms with Gasteiger partial charge in [0.2, 0.25) is 0 Å². The topological polar surface area (TPSA) is 29.5 Å². The van der Waals surface area contributed by atoms with Crippen molar-refractivity contribution >= 4 is 20.2 Å². The van der Waals surface area contributed by atoms with Crippen LogP contribution in [0.2, 0.25) is 16.6 Å². The average Bonchev–Trinajstić information content (AvgIpc) is 2.79. The van der Waals surface area contributed by atoms with E-state index in [4.69, 9.17) is 4.43 Å². The molecule has 0 fully saturated rings. The molecule has 0 aliphatic rings. The first-order valence-corrected chi connectivity index (χ1v) is 15.4. The fraction of sp³-hybridized carbons (Fsp3) is 0.516. The zero-order valence-electron chi connectivity index (χ0n) is 23.6. The predicted molar refractivity (Wildman–Crippen MR) is 154 cm³/mol. The van der Waals surface area contributed by atoms with E-state index < -0.39 is 8.32 Å². The Bertz CT molecular complexity index is 947. The zero-order chi connectivity index (χ0) is 26.3. The van der Waals surface area contributed by atoms with Crippen LogP contribution in [0.15, 0.2) is 54.6 Å². The number of carbonyl (C=O) groups is 1. The van der Waals surface area contributed by atoms with Crippen LogP contribution in [0.25, 0.3) is 5.57 Å². The van der Waals surface area contributed by atoms with Crippen LogP contribution in [0.1, 0.15) is 90.7 Å². The number of carbonyl (C=O) groups excluding carboxylic acids is 1. The SMILES string of the molecule is CC(C)N(C/C=C(/c1ccccc1)c1cc(C=O)ccc1O[Si](C(C)C)(C(C)C)C(C)C)C(C)C. The molecule has 2 aromatic rings. The van der Waals surface area contributed by atoms with Gasteiger partial charge in [-0.15, -0.1) is 0 Å². The quantitative estimate of drug-likeness (QED) is 0.219. The molecular formula is C31H47NO2Si. The maximum atomic E-state index is 11.8. The van der Waals surface area contributed by atoms with Crippen molar-refractivity contribution in [1.82, 2.24) is 4.90 Å². The molecule has 0 radical (unpaired) electrons. The van der Waals surface area contributed by atoms with Gasteiger partial charge in [0.05, 0.1) is 0 Å². The van der Waals surface area contributed by atoms with Gasteiger partial charge in [-0.25, -0.2) is 0 Å². The lowest BCUT2D eigenvalue weighted by atomic mass is 9.95. The normalized spacial score (nSPS) is 13.1. The molecule has 0 heterocycles. The molecule has 4 heteroatoms. The summed E-state index contributed by atoms with van der Waals surface area (Å²) in [5.41, 5.74) is 5.32. The van der Waals surface area contributed by atoms with Gasteiger partial charge in [0, 0.05) is 29.8 Å². The fourth-order valence-corrected chi connectivity index (χ4v) is 10.9. The Morgan fingerprint density at radius 1 is 0.829 bits per heavy atom. The molecule has 0 spiro atoms. The summed E-state index contributed by atoms with van der Waals surface area (Å²) in [6.07, 6.45) is 3.25. The van der Waals surface area contributed by atoms with Crippen molar-refractivity contribution in [3.05, 3.63) is 71.3 Å². The van der Waals surface area contributed by atoms with E-state index >= 15 is 0 Å². The Balaban J connectivity index is 2.76. The Hall–Kier alpha value is -2.17. The summed E-state index contributed by atoms with van der Waals surface area (Å²) < 4.78 is 7.19. The highest BCUT2D eigenvalue weighted by Crippen LogP contribution is 2.44. The Kier molecular flexibility index (Phi) is 10.5. The van der Waals surface area contributed by atoms with Gasteiger partial charge in [-0.05, 0) is 73.7 Å². The molecule has 35 heavy (non-hydrogen) atoms. The number of hydrogen-bond acceptors (Lipinski definition) is 3. The second-order valence-electron chi connectivity index (χ2n) is 11.2. The van der Waals surface area contributed by atoms with Gasteiger partial charge in [0.15, 0.2) is 0 Å². The van der Waals surface area contributed by atoms with Crippen LogP contribution in [-0.4, -0.2) is 38.1 Å². The van der Waals surface area contributed by atoms with Gasteiger partial charge in [0.1, 0.15) is 12.0 Å². The predicted octanol–water partition coefficient (Wildman–Crippen LogP) is 8.60. The third-order valence-electron chi connectivity index (χ3n) is 7.34. The molecule has 0 aliphatic heterocycles. The lowest BCUT2D eigenvalue weighted by Crippen LogP contribution is -2.50. The van der Waals surface area contributed by atoms with Crippen LogP contribution in [0, 0.1) is 0 Å². The molecule has 192 valence electrons. The number of aldehydes is 1. The highest BCUT2D eigenvalue weighted by atomic mass is 28.4. The van der Waals surface area contributed by atoms with E-state index in [1.54, 1.807) is 0 Å². The molecule has 0 amide bonds. The van der Waals surface area contributed by atoms with Crippen molar-refractivity contribution < 1.29 is 9.22 Å².